The molecule has 1 atom stereocenters. The minimum Gasteiger partial charge on any atom is -0.272 e. The van der Waals surface area contributed by atoms with Crippen LogP contribution < -0.4 is 0 Å². The summed E-state index contributed by atoms with van der Waals surface area (Å²) >= 11 is 0. The maximum atomic E-state index is 4.84. The molecule has 6 aromatic carbocycles. The van der Waals surface area contributed by atoms with E-state index in [4.69, 9.17) is 4.98 Å². The van der Waals surface area contributed by atoms with Gasteiger partial charge in [-0.1, -0.05) is 180 Å². The number of aromatic nitrogens is 1. The van der Waals surface area contributed by atoms with Crippen LogP contribution >= 0.6 is 0 Å². The Bertz CT molecular complexity index is 2590. The number of hydrogen-bond acceptors (Lipinski definition) is 1. The minimum atomic E-state index is -0.0982. The molecule has 2 heteroatoms. The highest BCUT2D eigenvalue weighted by molar-refractivity contribution is 6.01. The summed E-state index contributed by atoms with van der Waals surface area (Å²) in [7, 11) is 0. The zero-order valence-electron chi connectivity index (χ0n) is 31.4. The SMILES string of the molecule is CC(C)(C)c1cccc([N+]2=[C-]c3c(-c4cccc(-c5cc(C(C)(C)C)ccn5)c4)ccc4c3C2c2ccccc2-c2ccccc2-c2ccccc2-4)c1. The van der Waals surface area contributed by atoms with E-state index >= 15 is 0 Å². The molecule has 258 valence electrons. The molecule has 53 heavy (non-hydrogen) atoms. The van der Waals surface area contributed by atoms with Gasteiger partial charge in [0.05, 0.1) is 5.69 Å². The molecular formula is C51H44N2. The first-order chi connectivity index (χ1) is 25.6. The summed E-state index contributed by atoms with van der Waals surface area (Å²) in [6.45, 7) is 13.6. The van der Waals surface area contributed by atoms with E-state index in [1.54, 1.807) is 0 Å². The van der Waals surface area contributed by atoms with Crippen LogP contribution in [0.25, 0.3) is 55.8 Å². The van der Waals surface area contributed by atoms with Crippen LogP contribution in [0.5, 0.6) is 0 Å². The fourth-order valence-corrected chi connectivity index (χ4v) is 8.23. The van der Waals surface area contributed by atoms with E-state index < -0.39 is 0 Å². The maximum Gasteiger partial charge on any atom is 0.162 e. The van der Waals surface area contributed by atoms with E-state index in [9.17, 15) is 0 Å². The Morgan fingerprint density at radius 1 is 0.491 bits per heavy atom. The van der Waals surface area contributed by atoms with Crippen LogP contribution in [-0.2, 0) is 10.8 Å². The molecule has 1 aromatic heterocycles. The second-order valence-corrected chi connectivity index (χ2v) is 16.6. The molecule has 1 aliphatic heterocycles. The smallest absolute Gasteiger partial charge is 0.162 e. The Morgan fingerprint density at radius 2 is 1.06 bits per heavy atom. The van der Waals surface area contributed by atoms with Gasteiger partial charge in [-0.25, -0.2) is 0 Å². The van der Waals surface area contributed by atoms with Crippen molar-refractivity contribution in [2.75, 3.05) is 0 Å². The molecule has 0 spiro atoms. The van der Waals surface area contributed by atoms with Crippen molar-refractivity contribution in [3.8, 4) is 55.8 Å². The molecule has 0 radical (unpaired) electrons. The molecule has 2 aliphatic rings. The molecular weight excluding hydrogens is 641 g/mol. The second-order valence-electron chi connectivity index (χ2n) is 16.6. The van der Waals surface area contributed by atoms with Crippen LogP contribution in [0.3, 0.4) is 0 Å². The van der Waals surface area contributed by atoms with Crippen molar-refractivity contribution in [1.29, 1.82) is 0 Å². The standard InChI is InChI=1S/C51H44N2/c1-50(2,3)35-17-14-18-37(30-35)53-32-46-38(33-15-13-16-34(29-33)47-31-36(27-28-52-47)51(4,5)6)25-26-44-42-22-10-9-20-40(42)39-19-7-8-21-41(39)43-23-11-12-24-45(43)49(53)48(44)46/h7-31,49H,1-6H3. The zero-order chi connectivity index (χ0) is 36.5. The maximum absolute atomic E-state index is 4.84. The highest BCUT2D eigenvalue weighted by atomic mass is 15.1. The molecule has 0 amide bonds. The van der Waals surface area contributed by atoms with Crippen molar-refractivity contribution in [3.05, 3.63) is 180 Å². The topological polar surface area (TPSA) is 15.9 Å². The van der Waals surface area contributed by atoms with E-state index in [0.29, 0.717) is 0 Å². The Morgan fingerprint density at radius 3 is 1.75 bits per heavy atom. The third-order valence-corrected chi connectivity index (χ3v) is 11.1. The Balaban J connectivity index is 1.35. The van der Waals surface area contributed by atoms with Crippen molar-refractivity contribution in [1.82, 2.24) is 4.98 Å². The lowest BCUT2D eigenvalue weighted by Gasteiger charge is -2.25. The molecule has 2 heterocycles. The quantitative estimate of drug-likeness (QED) is 0.134. The Hall–Kier alpha value is -5.86. The van der Waals surface area contributed by atoms with E-state index in [1.807, 2.05) is 6.20 Å². The Kier molecular flexibility index (Phi) is 7.71. The van der Waals surface area contributed by atoms with Crippen molar-refractivity contribution >= 4 is 11.9 Å². The predicted octanol–water partition coefficient (Wildman–Crippen LogP) is 13.1. The van der Waals surface area contributed by atoms with Gasteiger partial charge in [0.1, 0.15) is 5.69 Å². The first-order valence-electron chi connectivity index (χ1n) is 18.7. The van der Waals surface area contributed by atoms with Crippen LogP contribution in [-0.4, -0.2) is 15.8 Å². The van der Waals surface area contributed by atoms with Crippen molar-refractivity contribution in [2.45, 2.75) is 58.4 Å². The average molecular weight is 685 g/mol. The molecule has 1 unspecified atom stereocenters. The molecule has 9 rings (SSSR count). The lowest BCUT2D eigenvalue weighted by molar-refractivity contribution is -0.469. The summed E-state index contributed by atoms with van der Waals surface area (Å²) in [6, 6.07) is 53.7. The van der Waals surface area contributed by atoms with Gasteiger partial charge in [0, 0.05) is 11.8 Å². The minimum absolute atomic E-state index is 0.00583. The monoisotopic (exact) mass is 684 g/mol. The summed E-state index contributed by atoms with van der Waals surface area (Å²) in [5.74, 6) is 0. The number of benzene rings is 6. The highest BCUT2D eigenvalue weighted by Gasteiger charge is 2.37. The number of nitrogens with zero attached hydrogens (tertiary/aromatic N) is 2. The Labute approximate surface area is 314 Å². The van der Waals surface area contributed by atoms with Gasteiger partial charge in [-0.15, -0.1) is 0 Å². The molecule has 0 N–H and O–H groups in total. The second kappa shape index (κ2) is 12.4. The van der Waals surface area contributed by atoms with Gasteiger partial charge in [-0.2, -0.15) is 0 Å². The van der Waals surface area contributed by atoms with Gasteiger partial charge in [-0.05, 0) is 90.7 Å². The first kappa shape index (κ1) is 33.0. The van der Waals surface area contributed by atoms with E-state index in [0.717, 1.165) is 28.1 Å². The fraction of sp³-hybridized carbons (Fsp3) is 0.176. The number of fused-ring (bicyclic) bond motifs is 7. The van der Waals surface area contributed by atoms with Crippen LogP contribution in [0.1, 0.15) is 75.4 Å². The summed E-state index contributed by atoms with van der Waals surface area (Å²) < 4.78 is 2.42. The summed E-state index contributed by atoms with van der Waals surface area (Å²) in [4.78, 5) is 4.84. The molecule has 0 saturated carbocycles. The summed E-state index contributed by atoms with van der Waals surface area (Å²) in [5, 5.41) is 0. The predicted molar refractivity (Wildman–Crippen MR) is 221 cm³/mol. The van der Waals surface area contributed by atoms with Crippen LogP contribution in [0.4, 0.5) is 5.69 Å². The van der Waals surface area contributed by atoms with E-state index in [-0.39, 0.29) is 16.9 Å². The molecule has 0 fully saturated rings. The normalized spacial score (nSPS) is 14.5. The first-order valence-corrected chi connectivity index (χ1v) is 18.7. The zero-order valence-corrected chi connectivity index (χ0v) is 31.4. The highest BCUT2D eigenvalue weighted by Crippen LogP contribution is 2.52. The number of hydrogen-bond donors (Lipinski definition) is 0. The van der Waals surface area contributed by atoms with Gasteiger partial charge >= 0.3 is 0 Å². The summed E-state index contributed by atoms with van der Waals surface area (Å²) in [6.07, 6.45) is 6.00. The third kappa shape index (κ3) is 5.65. The number of pyridine rings is 1. The van der Waals surface area contributed by atoms with E-state index in [1.165, 1.54) is 61.2 Å². The molecule has 0 bridgehead atoms. The lowest BCUT2D eigenvalue weighted by Crippen LogP contribution is -2.15. The van der Waals surface area contributed by atoms with Crippen molar-refractivity contribution in [2.24, 2.45) is 0 Å². The van der Waals surface area contributed by atoms with Gasteiger partial charge in [0.25, 0.3) is 0 Å². The van der Waals surface area contributed by atoms with E-state index in [2.05, 4.69) is 198 Å². The van der Waals surface area contributed by atoms with Gasteiger partial charge in [0.2, 0.25) is 0 Å². The van der Waals surface area contributed by atoms with Gasteiger partial charge in [-0.3, -0.25) is 9.56 Å². The molecule has 1 aliphatic carbocycles. The molecule has 2 nitrogen and oxygen atoms in total. The largest absolute Gasteiger partial charge is 0.272 e. The fourth-order valence-electron chi connectivity index (χ4n) is 8.23. The van der Waals surface area contributed by atoms with Gasteiger partial charge < -0.3 is 0 Å². The van der Waals surface area contributed by atoms with Crippen LogP contribution in [0, 0.1) is 0 Å². The summed E-state index contributed by atoms with van der Waals surface area (Å²) in [5.41, 5.74) is 19.4. The lowest BCUT2D eigenvalue weighted by atomic mass is 9.83. The molecule has 0 saturated heterocycles. The van der Waals surface area contributed by atoms with Crippen LogP contribution in [0.2, 0.25) is 0 Å². The van der Waals surface area contributed by atoms with Gasteiger partial charge in [0.15, 0.2) is 12.3 Å². The van der Waals surface area contributed by atoms with Crippen molar-refractivity contribution < 1.29 is 4.58 Å². The van der Waals surface area contributed by atoms with Crippen molar-refractivity contribution in [3.63, 3.8) is 0 Å². The third-order valence-electron chi connectivity index (χ3n) is 11.1. The molecule has 7 aromatic rings. The number of rotatable bonds is 3. The average Bonchev–Trinajstić information content (AvgIpc) is 3.59. The van der Waals surface area contributed by atoms with Crippen LogP contribution in [0.15, 0.2) is 152 Å².